The number of rotatable bonds is 5. The van der Waals surface area contributed by atoms with Crippen LogP contribution in [0.5, 0.6) is 0 Å². The van der Waals surface area contributed by atoms with Gasteiger partial charge >= 0.3 is 0 Å². The smallest absolute Gasteiger partial charge is 0.0497 e. The van der Waals surface area contributed by atoms with Crippen LogP contribution < -0.4 is 5.73 Å². The van der Waals surface area contributed by atoms with Gasteiger partial charge in [-0.15, -0.1) is 0 Å². The van der Waals surface area contributed by atoms with Crippen LogP contribution in [-0.4, -0.2) is 11.5 Å². The number of fused-ring (bicyclic) bond motifs is 1. The van der Waals surface area contributed by atoms with Crippen LogP contribution in [0.1, 0.15) is 24.0 Å². The van der Waals surface area contributed by atoms with E-state index in [1.165, 1.54) is 36.9 Å². The molecule has 2 nitrogen and oxygen atoms in total. The van der Waals surface area contributed by atoms with E-state index < -0.39 is 0 Å². The summed E-state index contributed by atoms with van der Waals surface area (Å²) in [6.07, 6.45) is 3.28. The van der Waals surface area contributed by atoms with Crippen LogP contribution in [0.25, 0.3) is 22.2 Å². The number of hydrogen-bond donors (Lipinski definition) is 2. The Morgan fingerprint density at radius 1 is 1.05 bits per heavy atom. The molecule has 0 bridgehead atoms. The number of H-pyrrole nitrogens is 1. The highest BCUT2D eigenvalue weighted by Gasteiger charge is 2.13. The van der Waals surface area contributed by atoms with E-state index in [-0.39, 0.29) is 0 Å². The molecule has 0 radical (unpaired) electrons. The highest BCUT2D eigenvalue weighted by atomic mass is 127. The number of nitrogens with two attached hydrogens (primary N) is 1. The molecule has 3 rings (SSSR count). The topological polar surface area (TPSA) is 41.8 Å². The SMILES string of the molecule is Cc1cccc2c(CCCCN)c(-c3ccc(I)cc3)[nH]c12. The minimum absolute atomic E-state index is 0.764. The molecule has 1 heterocycles. The summed E-state index contributed by atoms with van der Waals surface area (Å²) in [5.74, 6) is 0. The molecule has 0 saturated heterocycles. The summed E-state index contributed by atoms with van der Waals surface area (Å²) in [5, 5.41) is 1.35. The summed E-state index contributed by atoms with van der Waals surface area (Å²) >= 11 is 2.35. The van der Waals surface area contributed by atoms with E-state index >= 15 is 0 Å². The lowest BCUT2D eigenvalue weighted by Crippen LogP contribution is -1.99. The van der Waals surface area contributed by atoms with Crippen molar-refractivity contribution in [3.8, 4) is 11.3 Å². The van der Waals surface area contributed by atoms with Crippen molar-refractivity contribution < 1.29 is 0 Å². The van der Waals surface area contributed by atoms with Gasteiger partial charge in [0.15, 0.2) is 0 Å². The minimum atomic E-state index is 0.764. The van der Waals surface area contributed by atoms with Gasteiger partial charge in [-0.25, -0.2) is 0 Å². The molecule has 0 atom stereocenters. The summed E-state index contributed by atoms with van der Waals surface area (Å²) in [4.78, 5) is 3.66. The van der Waals surface area contributed by atoms with Crippen LogP contribution >= 0.6 is 22.6 Å². The largest absolute Gasteiger partial charge is 0.354 e. The van der Waals surface area contributed by atoms with Crippen molar-refractivity contribution >= 4 is 33.5 Å². The van der Waals surface area contributed by atoms with Crippen LogP contribution in [0.2, 0.25) is 0 Å². The fourth-order valence-electron chi connectivity index (χ4n) is 2.99. The van der Waals surface area contributed by atoms with E-state index in [1.807, 2.05) is 0 Å². The van der Waals surface area contributed by atoms with Crippen molar-refractivity contribution in [2.75, 3.05) is 6.54 Å². The standard InChI is InChI=1S/C19H21IN2/c1-13-5-4-7-16-17(6-2-3-12-21)19(22-18(13)16)14-8-10-15(20)11-9-14/h4-5,7-11,22H,2-3,6,12,21H2,1H3. The molecular formula is C19H21IN2. The molecule has 3 N–H and O–H groups in total. The van der Waals surface area contributed by atoms with Crippen molar-refractivity contribution in [3.63, 3.8) is 0 Å². The molecule has 0 fully saturated rings. The maximum atomic E-state index is 5.66. The average Bonchev–Trinajstić information content (AvgIpc) is 2.89. The summed E-state index contributed by atoms with van der Waals surface area (Å²) in [6.45, 7) is 2.93. The van der Waals surface area contributed by atoms with Crippen LogP contribution in [0.3, 0.4) is 0 Å². The number of unbranched alkanes of at least 4 members (excludes halogenated alkanes) is 1. The molecule has 2 aromatic carbocycles. The second-order valence-corrected chi connectivity index (χ2v) is 6.97. The summed E-state index contributed by atoms with van der Waals surface area (Å²) in [7, 11) is 0. The first-order chi connectivity index (χ1) is 10.7. The molecule has 1 aromatic heterocycles. The highest BCUT2D eigenvalue weighted by Crippen LogP contribution is 2.33. The number of halogens is 1. The van der Waals surface area contributed by atoms with Crippen molar-refractivity contribution in [3.05, 3.63) is 57.2 Å². The molecule has 3 heteroatoms. The average molecular weight is 404 g/mol. The number of aryl methyl sites for hydroxylation is 2. The molecule has 0 saturated carbocycles. The Labute approximate surface area is 145 Å². The van der Waals surface area contributed by atoms with Gasteiger partial charge in [-0.2, -0.15) is 0 Å². The fraction of sp³-hybridized carbons (Fsp3) is 0.263. The Hall–Kier alpha value is -1.33. The van der Waals surface area contributed by atoms with Crippen molar-refractivity contribution in [2.45, 2.75) is 26.2 Å². The highest BCUT2D eigenvalue weighted by molar-refractivity contribution is 14.1. The van der Waals surface area contributed by atoms with Crippen LogP contribution in [-0.2, 0) is 6.42 Å². The molecule has 0 aliphatic rings. The number of aromatic amines is 1. The Morgan fingerprint density at radius 2 is 1.82 bits per heavy atom. The maximum absolute atomic E-state index is 5.66. The summed E-state index contributed by atoms with van der Waals surface area (Å²) < 4.78 is 1.26. The van der Waals surface area contributed by atoms with Crippen molar-refractivity contribution in [1.29, 1.82) is 0 Å². The molecule has 0 amide bonds. The number of nitrogens with one attached hydrogen (secondary N) is 1. The Morgan fingerprint density at radius 3 is 2.55 bits per heavy atom. The lowest BCUT2D eigenvalue weighted by atomic mass is 9.99. The van der Waals surface area contributed by atoms with E-state index in [2.05, 4.69) is 77.0 Å². The minimum Gasteiger partial charge on any atom is -0.354 e. The van der Waals surface area contributed by atoms with Crippen LogP contribution in [0.15, 0.2) is 42.5 Å². The number of para-hydroxylation sites is 1. The Kier molecular flexibility index (Phi) is 4.84. The van der Waals surface area contributed by atoms with Gasteiger partial charge < -0.3 is 10.7 Å². The molecular weight excluding hydrogens is 383 g/mol. The molecule has 114 valence electrons. The third kappa shape index (κ3) is 3.06. The van der Waals surface area contributed by atoms with Gasteiger partial charge in [-0.05, 0) is 84.1 Å². The Balaban J connectivity index is 2.12. The van der Waals surface area contributed by atoms with Crippen molar-refractivity contribution in [1.82, 2.24) is 4.98 Å². The fourth-order valence-corrected chi connectivity index (χ4v) is 3.35. The second-order valence-electron chi connectivity index (χ2n) is 5.73. The zero-order chi connectivity index (χ0) is 15.5. The quantitative estimate of drug-likeness (QED) is 0.455. The number of hydrogen-bond acceptors (Lipinski definition) is 1. The molecule has 0 aliphatic heterocycles. The van der Waals surface area contributed by atoms with Gasteiger partial charge in [-0.3, -0.25) is 0 Å². The van der Waals surface area contributed by atoms with Gasteiger partial charge in [0, 0.05) is 20.2 Å². The van der Waals surface area contributed by atoms with Crippen molar-refractivity contribution in [2.24, 2.45) is 5.73 Å². The van der Waals surface area contributed by atoms with Crippen LogP contribution in [0.4, 0.5) is 0 Å². The van der Waals surface area contributed by atoms with E-state index in [9.17, 15) is 0 Å². The normalized spacial score (nSPS) is 11.2. The van der Waals surface area contributed by atoms with Crippen LogP contribution in [0, 0.1) is 10.5 Å². The number of benzene rings is 2. The number of aromatic nitrogens is 1. The lowest BCUT2D eigenvalue weighted by molar-refractivity contribution is 0.748. The summed E-state index contributed by atoms with van der Waals surface area (Å²) in [6, 6.07) is 15.3. The Bertz CT molecular complexity index is 772. The predicted octanol–water partition coefficient (Wildman–Crippen LogP) is 5.03. The predicted molar refractivity (Wildman–Crippen MR) is 103 cm³/mol. The molecule has 3 aromatic rings. The molecule has 0 unspecified atom stereocenters. The first kappa shape index (κ1) is 15.6. The van der Waals surface area contributed by atoms with Gasteiger partial charge in [0.1, 0.15) is 0 Å². The summed E-state index contributed by atoms with van der Waals surface area (Å²) in [5.41, 5.74) is 12.2. The third-order valence-electron chi connectivity index (χ3n) is 4.16. The van der Waals surface area contributed by atoms with E-state index in [1.54, 1.807) is 0 Å². The molecule has 22 heavy (non-hydrogen) atoms. The van der Waals surface area contributed by atoms with Gasteiger partial charge in [0.05, 0.1) is 0 Å². The van der Waals surface area contributed by atoms with E-state index in [4.69, 9.17) is 5.73 Å². The van der Waals surface area contributed by atoms with Gasteiger partial charge in [0.2, 0.25) is 0 Å². The lowest BCUT2D eigenvalue weighted by Gasteiger charge is -2.05. The maximum Gasteiger partial charge on any atom is 0.0497 e. The van der Waals surface area contributed by atoms with Gasteiger partial charge in [0.25, 0.3) is 0 Å². The first-order valence-corrected chi connectivity index (χ1v) is 8.84. The van der Waals surface area contributed by atoms with Gasteiger partial charge in [-0.1, -0.05) is 30.3 Å². The second kappa shape index (κ2) is 6.84. The van der Waals surface area contributed by atoms with E-state index in [0.717, 1.165) is 25.8 Å². The zero-order valence-electron chi connectivity index (χ0n) is 12.8. The molecule has 0 aliphatic carbocycles. The van der Waals surface area contributed by atoms with E-state index in [0.29, 0.717) is 0 Å². The monoisotopic (exact) mass is 404 g/mol. The third-order valence-corrected chi connectivity index (χ3v) is 4.88. The first-order valence-electron chi connectivity index (χ1n) is 7.77. The molecule has 0 spiro atoms. The zero-order valence-corrected chi connectivity index (χ0v) is 15.0.